The predicted octanol–water partition coefficient (Wildman–Crippen LogP) is 5.55. The van der Waals surface area contributed by atoms with Crippen LogP contribution in [0.25, 0.3) is 11.1 Å². The van der Waals surface area contributed by atoms with E-state index in [1.807, 2.05) is 30.3 Å². The minimum atomic E-state index is 0.375. The number of piperidine rings is 1. The molecule has 1 aromatic carbocycles. The Morgan fingerprint density at radius 1 is 1.21 bits per heavy atom. The molecule has 0 atom stereocenters. The Kier molecular flexibility index (Phi) is 7.55. The molecular formula is C23H28ClN3O2. The first-order valence-corrected chi connectivity index (χ1v) is 10.3. The molecule has 1 N–H and O–H groups in total. The summed E-state index contributed by atoms with van der Waals surface area (Å²) >= 11 is 6.08. The minimum absolute atomic E-state index is 0.375. The maximum atomic E-state index is 6.08. The summed E-state index contributed by atoms with van der Waals surface area (Å²) in [5, 5.41) is 3.67. The number of halogens is 1. The largest absolute Gasteiger partial charge is 0.493 e. The lowest BCUT2D eigenvalue weighted by molar-refractivity contribution is 0.180. The van der Waals surface area contributed by atoms with Crippen molar-refractivity contribution in [2.75, 3.05) is 38.7 Å². The molecule has 1 fully saturated rings. The highest BCUT2D eigenvalue weighted by Crippen LogP contribution is 2.32. The van der Waals surface area contributed by atoms with Crippen LogP contribution in [0.5, 0.6) is 11.5 Å². The fourth-order valence-corrected chi connectivity index (χ4v) is 3.56. The third-order valence-corrected chi connectivity index (χ3v) is 5.13. The molecule has 6 heteroatoms. The second-order valence-electron chi connectivity index (χ2n) is 6.98. The van der Waals surface area contributed by atoms with E-state index in [-0.39, 0.29) is 0 Å². The topological polar surface area (TPSA) is 46.6 Å². The first-order valence-electron chi connectivity index (χ1n) is 9.89. The molecule has 0 radical (unpaired) electrons. The third-order valence-electron chi connectivity index (χ3n) is 4.95. The zero-order valence-electron chi connectivity index (χ0n) is 16.9. The summed E-state index contributed by atoms with van der Waals surface area (Å²) in [6, 6.07) is 9.52. The average molecular weight is 414 g/mol. The van der Waals surface area contributed by atoms with Crippen molar-refractivity contribution in [2.24, 2.45) is 0 Å². The fraction of sp³-hybridized carbons (Fsp3) is 0.348. The quantitative estimate of drug-likeness (QED) is 0.583. The van der Waals surface area contributed by atoms with Crippen LogP contribution in [-0.4, -0.2) is 43.2 Å². The Morgan fingerprint density at radius 3 is 2.69 bits per heavy atom. The maximum Gasteiger partial charge on any atom is 0.163 e. The zero-order chi connectivity index (χ0) is 20.6. The van der Waals surface area contributed by atoms with E-state index in [0.29, 0.717) is 34.6 Å². The summed E-state index contributed by atoms with van der Waals surface area (Å²) in [6.07, 6.45) is 5.59. The number of hydrogen-bond donors (Lipinski definition) is 1. The van der Waals surface area contributed by atoms with Crippen molar-refractivity contribution in [3.8, 4) is 11.5 Å². The highest BCUT2D eigenvalue weighted by atomic mass is 35.5. The highest BCUT2D eigenvalue weighted by Gasteiger charge is 2.12. The molecule has 154 valence electrons. The molecule has 0 unspecified atom stereocenters. The molecule has 1 aliphatic rings. The van der Waals surface area contributed by atoms with E-state index in [9.17, 15) is 0 Å². The molecule has 2 aromatic rings. The van der Waals surface area contributed by atoms with Gasteiger partial charge in [0.15, 0.2) is 11.5 Å². The number of aromatic nitrogens is 1. The molecule has 2 heterocycles. The Hall–Kier alpha value is -2.50. The summed E-state index contributed by atoms with van der Waals surface area (Å²) in [6.45, 7) is 11.4. The van der Waals surface area contributed by atoms with Crippen LogP contribution in [0.3, 0.4) is 0 Å². The molecule has 1 aromatic heterocycles. The summed E-state index contributed by atoms with van der Waals surface area (Å²) in [4.78, 5) is 6.99. The summed E-state index contributed by atoms with van der Waals surface area (Å²) in [5.41, 5.74) is 2.30. The van der Waals surface area contributed by atoms with Gasteiger partial charge in [-0.1, -0.05) is 37.3 Å². The SMILES string of the molecule is C=Cc1ccc(Nc2ccc(OC)c(OCCN3CCCCC3)c2)nc1C(=C)Cl. The standard InChI is InChI=1S/C23H28ClN3O2/c1-4-18-8-11-22(26-23(18)17(2)24)25-19-9-10-20(28-3)21(16-19)29-15-14-27-12-6-5-7-13-27/h4,8-11,16H,1-2,5-7,12-15H2,3H3,(H,25,26). The number of ether oxygens (including phenoxy) is 2. The van der Waals surface area contributed by atoms with Gasteiger partial charge in [-0.25, -0.2) is 4.98 Å². The lowest BCUT2D eigenvalue weighted by Gasteiger charge is -2.26. The van der Waals surface area contributed by atoms with Gasteiger partial charge in [0.25, 0.3) is 0 Å². The fourth-order valence-electron chi connectivity index (χ4n) is 3.40. The van der Waals surface area contributed by atoms with Crippen LogP contribution in [0.15, 0.2) is 43.5 Å². The molecule has 1 aliphatic heterocycles. The molecule has 0 spiro atoms. The lowest BCUT2D eigenvalue weighted by Crippen LogP contribution is -2.33. The molecule has 0 saturated carbocycles. The summed E-state index contributed by atoms with van der Waals surface area (Å²) in [7, 11) is 1.65. The number of rotatable bonds is 9. The number of pyridine rings is 1. The van der Waals surface area contributed by atoms with Crippen LogP contribution in [-0.2, 0) is 0 Å². The number of nitrogens with one attached hydrogen (secondary N) is 1. The van der Waals surface area contributed by atoms with Gasteiger partial charge in [-0.2, -0.15) is 0 Å². The normalized spacial score (nSPS) is 14.3. The first kappa shape index (κ1) is 21.2. The Labute approximate surface area is 178 Å². The van der Waals surface area contributed by atoms with E-state index in [2.05, 4.69) is 28.4 Å². The molecular weight excluding hydrogens is 386 g/mol. The Bertz CT molecular complexity index is 863. The van der Waals surface area contributed by atoms with Crippen LogP contribution < -0.4 is 14.8 Å². The van der Waals surface area contributed by atoms with Crippen molar-refractivity contribution in [1.29, 1.82) is 0 Å². The van der Waals surface area contributed by atoms with E-state index in [1.54, 1.807) is 13.2 Å². The number of hydrogen-bond acceptors (Lipinski definition) is 5. The average Bonchev–Trinajstić information content (AvgIpc) is 2.74. The van der Waals surface area contributed by atoms with Crippen molar-refractivity contribution in [3.63, 3.8) is 0 Å². The van der Waals surface area contributed by atoms with Gasteiger partial charge in [-0.15, -0.1) is 0 Å². The number of methoxy groups -OCH3 is 1. The molecule has 0 aliphatic carbocycles. The van der Waals surface area contributed by atoms with E-state index in [1.165, 1.54) is 19.3 Å². The van der Waals surface area contributed by atoms with E-state index >= 15 is 0 Å². The molecule has 1 saturated heterocycles. The second kappa shape index (κ2) is 10.3. The van der Waals surface area contributed by atoms with Crippen LogP contribution >= 0.6 is 11.6 Å². The molecule has 5 nitrogen and oxygen atoms in total. The molecule has 0 bridgehead atoms. The highest BCUT2D eigenvalue weighted by molar-refractivity contribution is 6.48. The number of benzene rings is 1. The summed E-state index contributed by atoms with van der Waals surface area (Å²) in [5.74, 6) is 2.08. The van der Waals surface area contributed by atoms with Gasteiger partial charge in [0.05, 0.1) is 17.8 Å². The van der Waals surface area contributed by atoms with Gasteiger partial charge in [0.2, 0.25) is 0 Å². The van der Waals surface area contributed by atoms with Crippen LogP contribution in [0.1, 0.15) is 30.5 Å². The lowest BCUT2D eigenvalue weighted by atomic mass is 10.1. The van der Waals surface area contributed by atoms with Crippen molar-refractivity contribution in [2.45, 2.75) is 19.3 Å². The van der Waals surface area contributed by atoms with E-state index in [0.717, 1.165) is 30.9 Å². The van der Waals surface area contributed by atoms with Gasteiger partial charge in [0.1, 0.15) is 12.4 Å². The Balaban J connectivity index is 1.70. The maximum absolute atomic E-state index is 6.08. The van der Waals surface area contributed by atoms with Gasteiger partial charge in [-0.3, -0.25) is 4.90 Å². The van der Waals surface area contributed by atoms with E-state index in [4.69, 9.17) is 21.1 Å². The van der Waals surface area contributed by atoms with Crippen molar-refractivity contribution >= 4 is 34.2 Å². The molecule has 29 heavy (non-hydrogen) atoms. The van der Waals surface area contributed by atoms with Crippen LogP contribution in [0.2, 0.25) is 0 Å². The molecule has 3 rings (SSSR count). The van der Waals surface area contributed by atoms with Crippen LogP contribution in [0, 0.1) is 0 Å². The zero-order valence-corrected chi connectivity index (χ0v) is 17.7. The Morgan fingerprint density at radius 2 is 2.00 bits per heavy atom. The number of anilines is 2. The first-order chi connectivity index (χ1) is 14.1. The van der Waals surface area contributed by atoms with Gasteiger partial charge in [0, 0.05) is 23.9 Å². The van der Waals surface area contributed by atoms with Crippen molar-refractivity contribution in [3.05, 3.63) is 54.7 Å². The minimum Gasteiger partial charge on any atom is -0.493 e. The van der Waals surface area contributed by atoms with Gasteiger partial charge < -0.3 is 14.8 Å². The van der Waals surface area contributed by atoms with Crippen LogP contribution in [0.4, 0.5) is 11.5 Å². The van der Waals surface area contributed by atoms with E-state index < -0.39 is 0 Å². The molecule has 0 amide bonds. The smallest absolute Gasteiger partial charge is 0.163 e. The van der Waals surface area contributed by atoms with Gasteiger partial charge in [-0.05, 0) is 50.2 Å². The summed E-state index contributed by atoms with van der Waals surface area (Å²) < 4.78 is 11.5. The monoisotopic (exact) mass is 413 g/mol. The van der Waals surface area contributed by atoms with Gasteiger partial charge >= 0.3 is 0 Å². The predicted molar refractivity (Wildman–Crippen MR) is 121 cm³/mol. The second-order valence-corrected chi connectivity index (χ2v) is 7.44. The third kappa shape index (κ3) is 5.75. The number of likely N-dealkylation sites (tertiary alicyclic amines) is 1. The van der Waals surface area contributed by atoms with Crippen molar-refractivity contribution < 1.29 is 9.47 Å². The van der Waals surface area contributed by atoms with Crippen molar-refractivity contribution in [1.82, 2.24) is 9.88 Å². The number of nitrogens with zero attached hydrogens (tertiary/aromatic N) is 2.